The summed E-state index contributed by atoms with van der Waals surface area (Å²) >= 11 is 0. The highest BCUT2D eigenvalue weighted by molar-refractivity contribution is 5.07. The molecule has 0 spiro atoms. The summed E-state index contributed by atoms with van der Waals surface area (Å²) < 4.78 is 5.39. The van der Waals surface area contributed by atoms with Gasteiger partial charge >= 0.3 is 0 Å². The Morgan fingerprint density at radius 1 is 1.59 bits per heavy atom. The molecule has 0 saturated carbocycles. The summed E-state index contributed by atoms with van der Waals surface area (Å²) in [5, 5.41) is 3.36. The summed E-state index contributed by atoms with van der Waals surface area (Å²) in [7, 11) is 0. The molecule has 1 saturated heterocycles. The van der Waals surface area contributed by atoms with E-state index in [-0.39, 0.29) is 17.5 Å². The van der Waals surface area contributed by atoms with Crippen LogP contribution < -0.4 is 10.9 Å². The fourth-order valence-electron chi connectivity index (χ4n) is 1.91. The van der Waals surface area contributed by atoms with Gasteiger partial charge in [0.2, 0.25) is 0 Å². The maximum atomic E-state index is 11.5. The van der Waals surface area contributed by atoms with Gasteiger partial charge in [-0.2, -0.15) is 0 Å². The zero-order valence-electron chi connectivity index (χ0n) is 10.3. The molecule has 0 bridgehead atoms. The Hall–Kier alpha value is -1.20. The molecule has 1 aliphatic heterocycles. The Morgan fingerprint density at radius 2 is 2.41 bits per heavy atom. The largest absolute Gasteiger partial charge is 0.379 e. The highest BCUT2D eigenvalue weighted by atomic mass is 16.5. The summed E-state index contributed by atoms with van der Waals surface area (Å²) in [6, 6.07) is 1.83. The first-order valence-electron chi connectivity index (χ1n) is 6.06. The lowest BCUT2D eigenvalue weighted by Gasteiger charge is -2.23. The predicted octanol–water partition coefficient (Wildman–Crippen LogP) is 0.424. The number of nitrogens with one attached hydrogen (secondary N) is 2. The van der Waals surface area contributed by atoms with Crippen LogP contribution in [0.3, 0.4) is 0 Å². The summed E-state index contributed by atoms with van der Waals surface area (Å²) in [6.07, 6.45) is 0.740. The second-order valence-electron chi connectivity index (χ2n) is 4.71. The molecular formula is C12H19N3O2. The SMILES string of the molecule is CC(C)c1nc(CC2COCCN2)cc(=O)[nH]1. The number of aromatic nitrogens is 2. The second kappa shape index (κ2) is 5.42. The van der Waals surface area contributed by atoms with Crippen molar-refractivity contribution in [2.75, 3.05) is 19.8 Å². The van der Waals surface area contributed by atoms with E-state index in [1.165, 1.54) is 0 Å². The maximum absolute atomic E-state index is 11.5. The van der Waals surface area contributed by atoms with E-state index < -0.39 is 0 Å². The molecular weight excluding hydrogens is 218 g/mol. The van der Waals surface area contributed by atoms with Crippen LogP contribution in [0.2, 0.25) is 0 Å². The molecule has 0 aromatic carbocycles. The third-order valence-corrected chi connectivity index (χ3v) is 2.81. The first kappa shape index (κ1) is 12.3. The van der Waals surface area contributed by atoms with Crippen LogP contribution in [-0.2, 0) is 11.2 Å². The summed E-state index contributed by atoms with van der Waals surface area (Å²) in [5.74, 6) is 0.988. The Kier molecular flexibility index (Phi) is 3.91. The fraction of sp³-hybridized carbons (Fsp3) is 0.667. The normalized spacial score (nSPS) is 20.8. The van der Waals surface area contributed by atoms with Gasteiger partial charge in [-0.05, 0) is 0 Å². The van der Waals surface area contributed by atoms with Crippen molar-refractivity contribution < 1.29 is 4.74 Å². The summed E-state index contributed by atoms with van der Waals surface area (Å²) in [6.45, 7) is 6.35. The van der Waals surface area contributed by atoms with Crippen LogP contribution in [0.5, 0.6) is 0 Å². The molecule has 1 unspecified atom stereocenters. The van der Waals surface area contributed by atoms with E-state index in [0.717, 1.165) is 31.1 Å². The van der Waals surface area contributed by atoms with Gasteiger partial charge in [-0.25, -0.2) is 4.98 Å². The lowest BCUT2D eigenvalue weighted by molar-refractivity contribution is 0.0767. The molecule has 1 aliphatic rings. The molecule has 5 heteroatoms. The molecule has 1 atom stereocenters. The average Bonchev–Trinajstić information content (AvgIpc) is 2.29. The molecule has 94 valence electrons. The molecule has 0 radical (unpaired) electrons. The Labute approximate surface area is 101 Å². The smallest absolute Gasteiger partial charge is 0.251 e. The van der Waals surface area contributed by atoms with E-state index in [2.05, 4.69) is 15.3 Å². The Morgan fingerprint density at radius 3 is 3.06 bits per heavy atom. The fourth-order valence-corrected chi connectivity index (χ4v) is 1.91. The summed E-state index contributed by atoms with van der Waals surface area (Å²) in [4.78, 5) is 18.8. The van der Waals surface area contributed by atoms with Crippen molar-refractivity contribution >= 4 is 0 Å². The topological polar surface area (TPSA) is 67.0 Å². The molecule has 0 amide bonds. The van der Waals surface area contributed by atoms with Gasteiger partial charge < -0.3 is 15.0 Å². The number of morpholine rings is 1. The quantitative estimate of drug-likeness (QED) is 0.799. The number of H-pyrrole nitrogens is 1. The molecule has 5 nitrogen and oxygen atoms in total. The monoisotopic (exact) mass is 237 g/mol. The van der Waals surface area contributed by atoms with Gasteiger partial charge in [0.1, 0.15) is 5.82 Å². The molecule has 2 N–H and O–H groups in total. The highest BCUT2D eigenvalue weighted by Gasteiger charge is 2.15. The van der Waals surface area contributed by atoms with Crippen molar-refractivity contribution in [3.8, 4) is 0 Å². The zero-order valence-corrected chi connectivity index (χ0v) is 10.3. The van der Waals surface area contributed by atoms with Crippen LogP contribution in [0.4, 0.5) is 0 Å². The van der Waals surface area contributed by atoms with E-state index >= 15 is 0 Å². The number of rotatable bonds is 3. The van der Waals surface area contributed by atoms with Crippen LogP contribution in [0.1, 0.15) is 31.3 Å². The molecule has 0 aliphatic carbocycles. The standard InChI is InChI=1S/C12H19N3O2/c1-8(2)12-14-9(6-11(16)15-12)5-10-7-17-4-3-13-10/h6,8,10,13H,3-5,7H2,1-2H3,(H,14,15,16). The van der Waals surface area contributed by atoms with Gasteiger partial charge in [0.25, 0.3) is 5.56 Å². The number of ether oxygens (including phenoxy) is 1. The summed E-state index contributed by atoms with van der Waals surface area (Å²) in [5.41, 5.74) is 0.760. The highest BCUT2D eigenvalue weighted by Crippen LogP contribution is 2.08. The third-order valence-electron chi connectivity index (χ3n) is 2.81. The number of hydrogen-bond acceptors (Lipinski definition) is 4. The first-order chi connectivity index (χ1) is 8.15. The first-order valence-corrected chi connectivity index (χ1v) is 6.06. The number of nitrogens with zero attached hydrogens (tertiary/aromatic N) is 1. The minimum absolute atomic E-state index is 0.0737. The molecule has 2 heterocycles. The van der Waals surface area contributed by atoms with Crippen LogP contribution in [0.25, 0.3) is 0 Å². The second-order valence-corrected chi connectivity index (χ2v) is 4.71. The van der Waals surface area contributed by atoms with Crippen molar-refractivity contribution in [1.29, 1.82) is 0 Å². The van der Waals surface area contributed by atoms with Gasteiger partial charge in [-0.15, -0.1) is 0 Å². The lowest BCUT2D eigenvalue weighted by Crippen LogP contribution is -2.42. The average molecular weight is 237 g/mol. The van der Waals surface area contributed by atoms with Crippen LogP contribution in [0, 0.1) is 0 Å². The minimum Gasteiger partial charge on any atom is -0.379 e. The molecule has 1 aromatic heterocycles. The Bertz CT molecular complexity index is 422. The molecule has 1 aromatic rings. The van der Waals surface area contributed by atoms with Crippen molar-refractivity contribution in [2.45, 2.75) is 32.2 Å². The Balaban J connectivity index is 2.11. The van der Waals surface area contributed by atoms with Gasteiger partial charge in [-0.1, -0.05) is 13.8 Å². The van der Waals surface area contributed by atoms with Crippen LogP contribution in [-0.4, -0.2) is 35.8 Å². The van der Waals surface area contributed by atoms with Crippen molar-refractivity contribution in [2.24, 2.45) is 0 Å². The maximum Gasteiger partial charge on any atom is 0.251 e. The molecule has 17 heavy (non-hydrogen) atoms. The van der Waals surface area contributed by atoms with Crippen LogP contribution in [0.15, 0.2) is 10.9 Å². The van der Waals surface area contributed by atoms with Crippen molar-refractivity contribution in [3.63, 3.8) is 0 Å². The molecule has 2 rings (SSSR count). The van der Waals surface area contributed by atoms with E-state index in [4.69, 9.17) is 4.74 Å². The van der Waals surface area contributed by atoms with E-state index in [9.17, 15) is 4.79 Å². The zero-order chi connectivity index (χ0) is 12.3. The molecule has 1 fully saturated rings. The predicted molar refractivity (Wildman–Crippen MR) is 65.3 cm³/mol. The third kappa shape index (κ3) is 3.38. The lowest BCUT2D eigenvalue weighted by atomic mass is 10.1. The number of aromatic amines is 1. The van der Waals surface area contributed by atoms with E-state index in [1.54, 1.807) is 6.07 Å². The van der Waals surface area contributed by atoms with Gasteiger partial charge in [0, 0.05) is 36.7 Å². The van der Waals surface area contributed by atoms with E-state index in [1.807, 2.05) is 13.8 Å². The van der Waals surface area contributed by atoms with Gasteiger partial charge in [-0.3, -0.25) is 4.79 Å². The van der Waals surface area contributed by atoms with E-state index in [0.29, 0.717) is 6.61 Å². The van der Waals surface area contributed by atoms with Crippen molar-refractivity contribution in [1.82, 2.24) is 15.3 Å². The van der Waals surface area contributed by atoms with Gasteiger partial charge in [0.15, 0.2) is 0 Å². The van der Waals surface area contributed by atoms with Crippen LogP contribution >= 0.6 is 0 Å². The minimum atomic E-state index is -0.0737. The van der Waals surface area contributed by atoms with Gasteiger partial charge in [0.05, 0.1) is 13.2 Å². The van der Waals surface area contributed by atoms with Crippen molar-refractivity contribution in [3.05, 3.63) is 27.9 Å². The number of hydrogen-bond donors (Lipinski definition) is 2.